The fraction of sp³-hybridized carbons (Fsp3) is 0.381. The molecule has 1 saturated heterocycles. The van der Waals surface area contributed by atoms with E-state index in [1.54, 1.807) is 0 Å². The second kappa shape index (κ2) is 8.23. The van der Waals surface area contributed by atoms with Crippen LogP contribution in [0, 0.1) is 20.8 Å². The van der Waals surface area contributed by atoms with Crippen molar-refractivity contribution >= 4 is 33.2 Å². The van der Waals surface area contributed by atoms with Crippen molar-refractivity contribution in [2.45, 2.75) is 20.8 Å². The van der Waals surface area contributed by atoms with Gasteiger partial charge >= 0.3 is 0 Å². The van der Waals surface area contributed by atoms with Crippen LogP contribution in [0.1, 0.15) is 16.7 Å². The summed E-state index contributed by atoms with van der Waals surface area (Å²) in [4.78, 5) is 17.0. The van der Waals surface area contributed by atoms with Crippen molar-refractivity contribution in [2.24, 2.45) is 0 Å². The van der Waals surface area contributed by atoms with Crippen LogP contribution in [-0.4, -0.2) is 43.5 Å². The van der Waals surface area contributed by atoms with Gasteiger partial charge in [-0.2, -0.15) is 0 Å². The Morgan fingerprint density at radius 2 is 1.77 bits per heavy atom. The van der Waals surface area contributed by atoms with Crippen molar-refractivity contribution in [3.63, 3.8) is 0 Å². The number of nitrogens with zero attached hydrogens (tertiary/aromatic N) is 2. The summed E-state index contributed by atoms with van der Waals surface area (Å²) in [6.45, 7) is 10.5. The Labute approximate surface area is 164 Å². The lowest BCUT2D eigenvalue weighted by atomic mass is 10.1. The van der Waals surface area contributed by atoms with Gasteiger partial charge in [-0.15, -0.1) is 0 Å². The van der Waals surface area contributed by atoms with E-state index in [9.17, 15) is 4.79 Å². The van der Waals surface area contributed by atoms with Gasteiger partial charge in [0.05, 0.1) is 6.54 Å². The summed E-state index contributed by atoms with van der Waals surface area (Å²) in [6, 6.07) is 12.4. The predicted octanol–water partition coefficient (Wildman–Crippen LogP) is 4.14. The van der Waals surface area contributed by atoms with Crippen LogP contribution in [0.3, 0.4) is 0 Å². The normalized spacial score (nSPS) is 15.2. The quantitative estimate of drug-likeness (QED) is 0.814. The predicted molar refractivity (Wildman–Crippen MR) is 112 cm³/mol. The minimum Gasteiger partial charge on any atom is -0.369 e. The lowest BCUT2D eigenvalue weighted by molar-refractivity contribution is -0.117. The third-order valence-corrected chi connectivity index (χ3v) is 5.61. The molecule has 0 unspecified atom stereocenters. The smallest absolute Gasteiger partial charge is 0.238 e. The first-order valence-corrected chi connectivity index (χ1v) is 9.83. The maximum atomic E-state index is 12.4. The molecule has 1 amide bonds. The zero-order valence-corrected chi connectivity index (χ0v) is 17.3. The van der Waals surface area contributed by atoms with Gasteiger partial charge in [0.2, 0.25) is 5.91 Å². The number of carbonyl (C=O) groups is 1. The highest BCUT2D eigenvalue weighted by molar-refractivity contribution is 9.10. The molecule has 2 aromatic carbocycles. The molecule has 4 nitrogen and oxygen atoms in total. The molecule has 1 aliphatic rings. The molecule has 138 valence electrons. The van der Waals surface area contributed by atoms with Crippen LogP contribution in [0.4, 0.5) is 11.4 Å². The average Bonchev–Trinajstić information content (AvgIpc) is 2.61. The maximum absolute atomic E-state index is 12.4. The van der Waals surface area contributed by atoms with E-state index in [4.69, 9.17) is 0 Å². The third-order valence-electron chi connectivity index (χ3n) is 5.12. The van der Waals surface area contributed by atoms with Crippen LogP contribution < -0.4 is 10.2 Å². The second-order valence-electron chi connectivity index (χ2n) is 6.99. The van der Waals surface area contributed by atoms with Crippen LogP contribution >= 0.6 is 15.9 Å². The molecular weight excluding hydrogens is 390 g/mol. The van der Waals surface area contributed by atoms with Crippen molar-refractivity contribution in [3.05, 3.63) is 57.6 Å². The fourth-order valence-electron chi connectivity index (χ4n) is 3.39. The molecule has 1 N–H and O–H groups in total. The molecule has 0 aliphatic carbocycles. The zero-order chi connectivity index (χ0) is 18.7. The van der Waals surface area contributed by atoms with Gasteiger partial charge in [0, 0.05) is 42.0 Å². The Kier molecular flexibility index (Phi) is 5.99. The molecule has 2 aromatic rings. The average molecular weight is 416 g/mol. The summed E-state index contributed by atoms with van der Waals surface area (Å²) in [5.41, 5.74) is 5.94. The van der Waals surface area contributed by atoms with Gasteiger partial charge in [-0.05, 0) is 61.7 Å². The molecule has 1 fully saturated rings. The Morgan fingerprint density at radius 1 is 1.04 bits per heavy atom. The molecule has 0 aromatic heterocycles. The van der Waals surface area contributed by atoms with Gasteiger partial charge < -0.3 is 10.2 Å². The van der Waals surface area contributed by atoms with Gasteiger partial charge in [0.25, 0.3) is 0 Å². The number of rotatable bonds is 4. The summed E-state index contributed by atoms with van der Waals surface area (Å²) in [5.74, 6) is 0.0515. The van der Waals surface area contributed by atoms with E-state index in [0.717, 1.165) is 41.9 Å². The Morgan fingerprint density at radius 3 is 2.46 bits per heavy atom. The molecule has 1 heterocycles. The monoisotopic (exact) mass is 415 g/mol. The topological polar surface area (TPSA) is 35.6 Å². The fourth-order valence-corrected chi connectivity index (χ4v) is 3.86. The van der Waals surface area contributed by atoms with Crippen LogP contribution in [0.25, 0.3) is 0 Å². The first kappa shape index (κ1) is 18.9. The highest BCUT2D eigenvalue weighted by atomic mass is 79.9. The van der Waals surface area contributed by atoms with Gasteiger partial charge in [0.1, 0.15) is 0 Å². The van der Waals surface area contributed by atoms with Crippen LogP contribution in [0.5, 0.6) is 0 Å². The lowest BCUT2D eigenvalue weighted by Crippen LogP contribution is -2.48. The first-order chi connectivity index (χ1) is 12.4. The highest BCUT2D eigenvalue weighted by Gasteiger charge is 2.20. The Balaban J connectivity index is 1.53. The number of halogens is 1. The molecule has 0 saturated carbocycles. The van der Waals surface area contributed by atoms with E-state index >= 15 is 0 Å². The number of nitrogens with one attached hydrogen (secondary N) is 1. The summed E-state index contributed by atoms with van der Waals surface area (Å²) in [5, 5.41) is 3.03. The third kappa shape index (κ3) is 4.46. The molecule has 3 rings (SSSR count). The van der Waals surface area contributed by atoms with E-state index in [-0.39, 0.29) is 5.91 Å². The molecule has 0 spiro atoms. The number of amides is 1. The van der Waals surface area contributed by atoms with Crippen LogP contribution in [-0.2, 0) is 4.79 Å². The van der Waals surface area contributed by atoms with Gasteiger partial charge in [-0.1, -0.05) is 28.1 Å². The standard InChI is InChI=1S/C21H26BrN3O/c1-15-5-4-6-20(17(15)3)25-11-9-24(10-12-25)14-21(26)23-19-8-7-18(22)13-16(19)2/h4-8,13H,9-12,14H2,1-3H3,(H,23,26). The number of carbonyl (C=O) groups excluding carboxylic acids is 1. The summed E-state index contributed by atoms with van der Waals surface area (Å²) in [6.07, 6.45) is 0. The number of hydrogen-bond donors (Lipinski definition) is 1. The summed E-state index contributed by atoms with van der Waals surface area (Å²) in [7, 11) is 0. The van der Waals surface area contributed by atoms with Crippen molar-refractivity contribution in [1.29, 1.82) is 0 Å². The molecule has 26 heavy (non-hydrogen) atoms. The molecular formula is C21H26BrN3O. The Bertz CT molecular complexity index is 798. The number of aryl methyl sites for hydroxylation is 2. The minimum absolute atomic E-state index is 0.0515. The molecule has 0 bridgehead atoms. The maximum Gasteiger partial charge on any atom is 0.238 e. The largest absolute Gasteiger partial charge is 0.369 e. The lowest BCUT2D eigenvalue weighted by Gasteiger charge is -2.36. The van der Waals surface area contributed by atoms with E-state index in [2.05, 4.69) is 63.1 Å². The second-order valence-corrected chi connectivity index (χ2v) is 7.91. The van der Waals surface area contributed by atoms with E-state index in [1.807, 2.05) is 25.1 Å². The first-order valence-electron chi connectivity index (χ1n) is 9.03. The molecule has 0 radical (unpaired) electrons. The van der Waals surface area contributed by atoms with E-state index in [0.29, 0.717) is 6.54 Å². The Hall–Kier alpha value is -1.85. The molecule has 1 aliphatic heterocycles. The molecule has 0 atom stereocenters. The SMILES string of the molecule is Cc1cc(Br)ccc1NC(=O)CN1CCN(c2cccc(C)c2C)CC1. The number of piperazine rings is 1. The van der Waals surface area contributed by atoms with Crippen molar-refractivity contribution in [3.8, 4) is 0 Å². The van der Waals surface area contributed by atoms with Crippen LogP contribution in [0.15, 0.2) is 40.9 Å². The number of hydrogen-bond acceptors (Lipinski definition) is 3. The molecule has 5 heteroatoms. The van der Waals surface area contributed by atoms with Crippen LogP contribution in [0.2, 0.25) is 0 Å². The number of benzene rings is 2. The van der Waals surface area contributed by atoms with E-state index < -0.39 is 0 Å². The summed E-state index contributed by atoms with van der Waals surface area (Å²) < 4.78 is 1.02. The van der Waals surface area contributed by atoms with Crippen molar-refractivity contribution in [2.75, 3.05) is 42.9 Å². The van der Waals surface area contributed by atoms with Gasteiger partial charge in [0.15, 0.2) is 0 Å². The minimum atomic E-state index is 0.0515. The van der Waals surface area contributed by atoms with Crippen molar-refractivity contribution < 1.29 is 4.79 Å². The zero-order valence-electron chi connectivity index (χ0n) is 15.7. The van der Waals surface area contributed by atoms with Crippen molar-refractivity contribution in [1.82, 2.24) is 4.90 Å². The summed E-state index contributed by atoms with van der Waals surface area (Å²) >= 11 is 3.45. The van der Waals surface area contributed by atoms with Gasteiger partial charge in [-0.3, -0.25) is 9.69 Å². The highest BCUT2D eigenvalue weighted by Crippen LogP contribution is 2.24. The number of anilines is 2. The van der Waals surface area contributed by atoms with Gasteiger partial charge in [-0.25, -0.2) is 0 Å². The van der Waals surface area contributed by atoms with E-state index in [1.165, 1.54) is 16.8 Å².